The van der Waals surface area contributed by atoms with Crippen LogP contribution >= 0.6 is 7.26 Å². The van der Waals surface area contributed by atoms with Gasteiger partial charge in [-0.2, -0.15) is 0 Å². The molecule has 0 saturated carbocycles. The molecule has 0 rings (SSSR count). The first kappa shape index (κ1) is 49.4. The molecule has 0 atom stereocenters. The largest absolute Gasteiger partial charge is 1.00 e. The second-order valence-corrected chi connectivity index (χ2v) is 20.1. The van der Waals surface area contributed by atoms with Gasteiger partial charge in [0.05, 0.1) is 31.3 Å². The van der Waals surface area contributed by atoms with Crippen LogP contribution in [0.4, 0.5) is 0 Å². The number of halogens is 1. The number of rotatable bonds is 41. The summed E-state index contributed by atoms with van der Waals surface area (Å²) in [5.41, 5.74) is 0. The van der Waals surface area contributed by atoms with Crippen LogP contribution in [0.3, 0.4) is 0 Å². The van der Waals surface area contributed by atoms with Crippen LogP contribution in [-0.4, -0.2) is 36.4 Å². The van der Waals surface area contributed by atoms with Crippen LogP contribution in [0.15, 0.2) is 0 Å². The minimum Gasteiger partial charge on any atom is -1.00 e. The van der Waals surface area contributed by atoms with E-state index in [0.29, 0.717) is 6.61 Å². The molecule has 0 aliphatic carbocycles. The molecule has 0 saturated heterocycles. The molecule has 3 heteroatoms. The quantitative estimate of drug-likeness (QED) is 0.0501. The molecule has 0 aliphatic heterocycles. The van der Waals surface area contributed by atoms with Crippen molar-refractivity contribution in [3.63, 3.8) is 0 Å². The minimum absolute atomic E-state index is 0. The Bertz CT molecular complexity index is 472. The molecule has 0 fully saturated rings. The molecule has 0 aromatic rings. The molecule has 1 nitrogen and oxygen atoms in total. The van der Waals surface area contributed by atoms with E-state index >= 15 is 0 Å². The SMILES string of the molecule is CCCCCCCCCCCCCC[P+](CCO)(CCCCCCCCCCCCCC)CCCCCCCCCCCCCC.[F-]. The van der Waals surface area contributed by atoms with Crippen LogP contribution in [0.1, 0.15) is 252 Å². The molecular weight excluding hydrogens is 594 g/mol. The molecule has 0 amide bonds. The molecule has 1 N–H and O–H groups in total. The smallest absolute Gasteiger partial charge is 0.0825 e. The summed E-state index contributed by atoms with van der Waals surface area (Å²) in [6, 6.07) is 0. The van der Waals surface area contributed by atoms with E-state index in [4.69, 9.17) is 0 Å². The van der Waals surface area contributed by atoms with Gasteiger partial charge in [0.15, 0.2) is 0 Å². The Hall–Kier alpha value is 0.320. The van der Waals surface area contributed by atoms with E-state index in [9.17, 15) is 5.11 Å². The lowest BCUT2D eigenvalue weighted by molar-refractivity contribution is -0.0000115. The van der Waals surface area contributed by atoms with Crippen molar-refractivity contribution in [2.45, 2.75) is 252 Å². The zero-order valence-electron chi connectivity index (χ0n) is 33.3. The van der Waals surface area contributed by atoms with Crippen LogP contribution in [0.25, 0.3) is 0 Å². The van der Waals surface area contributed by atoms with E-state index in [0.717, 1.165) is 0 Å². The van der Waals surface area contributed by atoms with Gasteiger partial charge >= 0.3 is 0 Å². The zero-order valence-corrected chi connectivity index (χ0v) is 34.2. The average molecular weight is 687 g/mol. The molecule has 0 aliphatic rings. The van der Waals surface area contributed by atoms with Gasteiger partial charge in [-0.1, -0.05) is 213 Å². The van der Waals surface area contributed by atoms with Crippen molar-refractivity contribution in [2.24, 2.45) is 0 Å². The number of hydrogen-bond acceptors (Lipinski definition) is 1. The normalized spacial score (nSPS) is 11.7. The predicted octanol–water partition coefficient (Wildman–Crippen LogP) is 13.1. The molecular formula is C44H92FOP. The summed E-state index contributed by atoms with van der Waals surface area (Å²) < 4.78 is 0. The van der Waals surface area contributed by atoms with Gasteiger partial charge in [-0.25, -0.2) is 0 Å². The highest BCUT2D eigenvalue weighted by Crippen LogP contribution is 2.60. The lowest BCUT2D eigenvalue weighted by atomic mass is 10.1. The Kier molecular flexibility index (Phi) is 44.7. The molecule has 0 aromatic heterocycles. The maximum atomic E-state index is 10.2. The second kappa shape index (κ2) is 42.5. The Morgan fingerprint density at radius 3 is 0.596 bits per heavy atom. The van der Waals surface area contributed by atoms with E-state index < -0.39 is 7.26 Å². The third-order valence-corrected chi connectivity index (χ3v) is 16.0. The molecule has 0 heterocycles. The third kappa shape index (κ3) is 37.4. The van der Waals surface area contributed by atoms with Gasteiger partial charge in [0.2, 0.25) is 0 Å². The zero-order chi connectivity index (χ0) is 33.5. The summed E-state index contributed by atoms with van der Waals surface area (Å²) in [6.07, 6.45) is 57.7. The predicted molar refractivity (Wildman–Crippen MR) is 217 cm³/mol. The van der Waals surface area contributed by atoms with E-state index in [1.54, 1.807) is 0 Å². The fourth-order valence-corrected chi connectivity index (χ4v) is 12.2. The topological polar surface area (TPSA) is 20.2 Å². The van der Waals surface area contributed by atoms with Crippen molar-refractivity contribution in [1.82, 2.24) is 0 Å². The Morgan fingerprint density at radius 2 is 0.426 bits per heavy atom. The number of unbranched alkanes of at least 4 members (excludes halogenated alkanes) is 33. The number of aliphatic hydroxyl groups is 1. The number of hydrogen-bond donors (Lipinski definition) is 1. The van der Waals surface area contributed by atoms with Gasteiger partial charge in [0.1, 0.15) is 0 Å². The lowest BCUT2D eigenvalue weighted by Gasteiger charge is -2.28. The molecule has 0 unspecified atom stereocenters. The van der Waals surface area contributed by atoms with Gasteiger partial charge in [0.25, 0.3) is 0 Å². The van der Waals surface area contributed by atoms with Crippen LogP contribution < -0.4 is 4.70 Å². The molecule has 47 heavy (non-hydrogen) atoms. The van der Waals surface area contributed by atoms with Crippen molar-refractivity contribution >= 4 is 7.26 Å². The average Bonchev–Trinajstić information content (AvgIpc) is 3.06. The van der Waals surface area contributed by atoms with Crippen molar-refractivity contribution in [2.75, 3.05) is 31.3 Å². The highest BCUT2D eigenvalue weighted by molar-refractivity contribution is 7.75. The van der Waals surface area contributed by atoms with Crippen molar-refractivity contribution in [3.05, 3.63) is 0 Å². The fourth-order valence-electron chi connectivity index (χ4n) is 7.75. The van der Waals surface area contributed by atoms with E-state index in [1.165, 1.54) is 256 Å². The highest BCUT2D eigenvalue weighted by Gasteiger charge is 2.35. The first-order chi connectivity index (χ1) is 22.7. The van der Waals surface area contributed by atoms with Gasteiger partial charge in [-0.05, 0) is 38.5 Å². The van der Waals surface area contributed by atoms with Gasteiger partial charge in [-0.3, -0.25) is 0 Å². The van der Waals surface area contributed by atoms with Crippen LogP contribution in [0, 0.1) is 0 Å². The van der Waals surface area contributed by atoms with Crippen LogP contribution in [-0.2, 0) is 0 Å². The maximum absolute atomic E-state index is 10.2. The fraction of sp³-hybridized carbons (Fsp3) is 1.00. The summed E-state index contributed by atoms with van der Waals surface area (Å²) in [7, 11) is -0.986. The van der Waals surface area contributed by atoms with Gasteiger partial charge < -0.3 is 9.81 Å². The maximum Gasteiger partial charge on any atom is 0.0825 e. The summed E-state index contributed by atoms with van der Waals surface area (Å²) >= 11 is 0. The summed E-state index contributed by atoms with van der Waals surface area (Å²) in [5, 5.41) is 10.2. The second-order valence-electron chi connectivity index (χ2n) is 15.6. The highest BCUT2D eigenvalue weighted by atomic mass is 31.2. The van der Waals surface area contributed by atoms with E-state index in [2.05, 4.69) is 20.8 Å². The summed E-state index contributed by atoms with van der Waals surface area (Å²) in [4.78, 5) is 0. The number of aliphatic hydroxyl groups excluding tert-OH is 1. The van der Waals surface area contributed by atoms with Crippen LogP contribution in [0.2, 0.25) is 0 Å². The monoisotopic (exact) mass is 687 g/mol. The van der Waals surface area contributed by atoms with Crippen LogP contribution in [0.5, 0.6) is 0 Å². The molecule has 0 bridgehead atoms. The first-order valence-corrected chi connectivity index (χ1v) is 24.7. The Labute approximate surface area is 299 Å². The summed E-state index contributed by atoms with van der Waals surface area (Å²) in [5.74, 6) is 0. The standard InChI is InChI=1S/C44H92OP.FH/c1-4-7-10-13-16-19-22-25-28-31-34-37-41-46(44-40-45,42-38-35-32-29-26-23-20-17-14-11-8-5-2)43-39-36-33-30-27-24-21-18-15-12-9-6-3;/h45H,4-44H2,1-3H3;1H/q+1;/p-1. The van der Waals surface area contributed by atoms with Gasteiger partial charge in [0, 0.05) is 7.26 Å². The molecule has 0 radical (unpaired) electrons. The molecule has 0 spiro atoms. The van der Waals surface area contributed by atoms with Crippen molar-refractivity contribution in [1.29, 1.82) is 0 Å². The van der Waals surface area contributed by atoms with Crippen molar-refractivity contribution in [3.8, 4) is 0 Å². The Morgan fingerprint density at radius 1 is 0.255 bits per heavy atom. The molecule has 286 valence electrons. The van der Waals surface area contributed by atoms with Crippen molar-refractivity contribution < 1.29 is 9.81 Å². The van der Waals surface area contributed by atoms with E-state index in [-0.39, 0.29) is 4.70 Å². The minimum atomic E-state index is -0.986. The molecule has 0 aromatic carbocycles. The first-order valence-electron chi connectivity index (χ1n) is 22.2. The Balaban J connectivity index is 0. The lowest BCUT2D eigenvalue weighted by Crippen LogP contribution is -3.00. The van der Waals surface area contributed by atoms with Gasteiger partial charge in [-0.15, -0.1) is 0 Å². The van der Waals surface area contributed by atoms with E-state index in [1.807, 2.05) is 0 Å². The summed E-state index contributed by atoms with van der Waals surface area (Å²) in [6.45, 7) is 7.39. The third-order valence-electron chi connectivity index (χ3n) is 11.0.